The molecular formula is C32H58O15S. The zero-order valence-corrected chi connectivity index (χ0v) is 29.6. The SMILES string of the molecule is COCCOCCOCCOCCOCCOCCOCCOCCOCCOCCOCCOCCOS(=O)(=O)c1ccc(C)cc1. The van der Waals surface area contributed by atoms with Crippen molar-refractivity contribution in [1.82, 2.24) is 0 Å². The number of aryl methyl sites for hydroxylation is 1. The number of hydrogen-bond donors (Lipinski definition) is 0. The molecule has 0 unspecified atom stereocenters. The lowest BCUT2D eigenvalue weighted by Gasteiger charge is -2.09. The summed E-state index contributed by atoms with van der Waals surface area (Å²) >= 11 is 0. The van der Waals surface area contributed by atoms with Gasteiger partial charge in [0.25, 0.3) is 10.1 Å². The van der Waals surface area contributed by atoms with Crippen molar-refractivity contribution in [2.75, 3.05) is 166 Å². The third-order valence-electron chi connectivity index (χ3n) is 5.93. The van der Waals surface area contributed by atoms with Crippen LogP contribution in [0.4, 0.5) is 0 Å². The van der Waals surface area contributed by atoms with Crippen LogP contribution in [0.25, 0.3) is 0 Å². The lowest BCUT2D eigenvalue weighted by atomic mass is 10.2. The molecule has 1 aromatic carbocycles. The van der Waals surface area contributed by atoms with Gasteiger partial charge in [0.05, 0.1) is 163 Å². The van der Waals surface area contributed by atoms with Gasteiger partial charge < -0.3 is 56.8 Å². The fourth-order valence-electron chi connectivity index (χ4n) is 3.42. The fourth-order valence-corrected chi connectivity index (χ4v) is 4.31. The first-order valence-electron chi connectivity index (χ1n) is 16.4. The van der Waals surface area contributed by atoms with Gasteiger partial charge in [0.15, 0.2) is 0 Å². The van der Waals surface area contributed by atoms with Crippen LogP contribution in [0.5, 0.6) is 0 Å². The first kappa shape index (κ1) is 44.7. The molecule has 0 N–H and O–H groups in total. The highest BCUT2D eigenvalue weighted by atomic mass is 32.2. The molecule has 48 heavy (non-hydrogen) atoms. The van der Waals surface area contributed by atoms with E-state index in [1.165, 1.54) is 12.1 Å². The van der Waals surface area contributed by atoms with Gasteiger partial charge in [0.1, 0.15) is 0 Å². The average Bonchev–Trinajstić information content (AvgIpc) is 3.08. The van der Waals surface area contributed by atoms with Crippen LogP contribution in [0.1, 0.15) is 5.56 Å². The molecule has 0 heterocycles. The molecule has 16 heteroatoms. The van der Waals surface area contributed by atoms with Crippen molar-refractivity contribution < 1.29 is 69.4 Å². The van der Waals surface area contributed by atoms with Crippen molar-refractivity contribution in [2.24, 2.45) is 0 Å². The van der Waals surface area contributed by atoms with Crippen molar-refractivity contribution in [3.63, 3.8) is 0 Å². The Kier molecular flexibility index (Phi) is 31.7. The second-order valence-corrected chi connectivity index (χ2v) is 11.4. The van der Waals surface area contributed by atoms with E-state index in [1.54, 1.807) is 19.2 Å². The van der Waals surface area contributed by atoms with Crippen LogP contribution in [0.2, 0.25) is 0 Å². The summed E-state index contributed by atoms with van der Waals surface area (Å²) in [6, 6.07) is 6.48. The molecule has 0 fully saturated rings. The van der Waals surface area contributed by atoms with E-state index >= 15 is 0 Å². The molecule has 0 aliphatic rings. The number of methoxy groups -OCH3 is 1. The first-order valence-corrected chi connectivity index (χ1v) is 17.8. The fraction of sp³-hybridized carbons (Fsp3) is 0.812. The van der Waals surface area contributed by atoms with E-state index < -0.39 is 10.1 Å². The highest BCUT2D eigenvalue weighted by molar-refractivity contribution is 7.86. The Hall–Kier alpha value is -1.35. The Morgan fingerprint density at radius 3 is 0.854 bits per heavy atom. The van der Waals surface area contributed by atoms with Gasteiger partial charge in [-0.05, 0) is 19.1 Å². The van der Waals surface area contributed by atoms with Gasteiger partial charge >= 0.3 is 0 Å². The summed E-state index contributed by atoms with van der Waals surface area (Å²) in [6.45, 7) is 12.7. The molecule has 0 spiro atoms. The highest BCUT2D eigenvalue weighted by Crippen LogP contribution is 2.12. The second kappa shape index (κ2) is 34.1. The molecular weight excluding hydrogens is 656 g/mol. The van der Waals surface area contributed by atoms with E-state index in [2.05, 4.69) is 0 Å². The normalized spacial score (nSPS) is 11.9. The molecule has 0 saturated heterocycles. The van der Waals surface area contributed by atoms with E-state index in [1.807, 2.05) is 6.92 Å². The van der Waals surface area contributed by atoms with Gasteiger partial charge in [0, 0.05) is 7.11 Å². The summed E-state index contributed by atoms with van der Waals surface area (Å²) < 4.78 is 93.6. The standard InChI is InChI=1S/C32H58O15S/c1-31-3-5-32(6-4-31)48(33,34)47-30-29-46-28-27-45-26-25-44-24-23-43-22-21-42-20-19-41-18-17-40-16-15-39-14-13-38-12-11-37-10-9-36-8-7-35-2/h3-6H,7-30H2,1-2H3. The second-order valence-electron chi connectivity index (χ2n) is 9.82. The maximum absolute atomic E-state index is 12.1. The Morgan fingerprint density at radius 2 is 0.604 bits per heavy atom. The van der Waals surface area contributed by atoms with Crippen LogP contribution in [0.15, 0.2) is 29.2 Å². The lowest BCUT2D eigenvalue weighted by Crippen LogP contribution is -2.16. The Bertz CT molecular complexity index is 905. The third-order valence-corrected chi connectivity index (χ3v) is 7.25. The van der Waals surface area contributed by atoms with Crippen LogP contribution in [-0.4, -0.2) is 174 Å². The minimum absolute atomic E-state index is 0.0602. The summed E-state index contributed by atoms with van der Waals surface area (Å²) in [7, 11) is -2.13. The van der Waals surface area contributed by atoms with Crippen LogP contribution < -0.4 is 0 Å². The molecule has 0 aliphatic heterocycles. The predicted molar refractivity (Wildman–Crippen MR) is 175 cm³/mol. The molecule has 0 aliphatic carbocycles. The maximum Gasteiger partial charge on any atom is 0.297 e. The zero-order valence-electron chi connectivity index (χ0n) is 28.8. The monoisotopic (exact) mass is 714 g/mol. The van der Waals surface area contributed by atoms with Gasteiger partial charge in [-0.3, -0.25) is 4.18 Å². The average molecular weight is 715 g/mol. The van der Waals surface area contributed by atoms with Crippen LogP contribution in [0, 0.1) is 6.92 Å². The molecule has 0 radical (unpaired) electrons. The van der Waals surface area contributed by atoms with E-state index in [9.17, 15) is 8.42 Å². The third kappa shape index (κ3) is 29.6. The molecule has 0 saturated carbocycles. The summed E-state index contributed by atoms with van der Waals surface area (Å²) in [5.74, 6) is 0. The van der Waals surface area contributed by atoms with Gasteiger partial charge in [-0.25, -0.2) is 0 Å². The number of rotatable bonds is 38. The molecule has 0 bridgehead atoms. The molecule has 0 aromatic heterocycles. The van der Waals surface area contributed by atoms with Gasteiger partial charge in [-0.15, -0.1) is 0 Å². The topological polar surface area (TPSA) is 154 Å². The quantitative estimate of drug-likeness (QED) is 0.0718. The molecule has 1 aromatic rings. The zero-order chi connectivity index (χ0) is 34.6. The number of hydrogen-bond acceptors (Lipinski definition) is 15. The summed E-state index contributed by atoms with van der Waals surface area (Å²) in [6.07, 6.45) is 0. The maximum atomic E-state index is 12.1. The van der Waals surface area contributed by atoms with E-state index in [4.69, 9.17) is 61.0 Å². The van der Waals surface area contributed by atoms with Crippen LogP contribution in [-0.2, 0) is 71.1 Å². The largest absolute Gasteiger partial charge is 0.382 e. The van der Waals surface area contributed by atoms with E-state index in [-0.39, 0.29) is 18.1 Å². The summed E-state index contributed by atoms with van der Waals surface area (Å²) in [5, 5.41) is 0. The van der Waals surface area contributed by atoms with Crippen molar-refractivity contribution >= 4 is 10.1 Å². The molecule has 1 rings (SSSR count). The van der Waals surface area contributed by atoms with Crippen LogP contribution >= 0.6 is 0 Å². The molecule has 15 nitrogen and oxygen atoms in total. The molecule has 282 valence electrons. The minimum atomic E-state index is -3.77. The minimum Gasteiger partial charge on any atom is -0.382 e. The van der Waals surface area contributed by atoms with Crippen LogP contribution in [0.3, 0.4) is 0 Å². The van der Waals surface area contributed by atoms with Crippen molar-refractivity contribution in [3.05, 3.63) is 29.8 Å². The Labute approximate surface area is 286 Å². The number of benzene rings is 1. The molecule has 0 atom stereocenters. The van der Waals surface area contributed by atoms with Crippen molar-refractivity contribution in [1.29, 1.82) is 0 Å². The Morgan fingerprint density at radius 1 is 0.375 bits per heavy atom. The van der Waals surface area contributed by atoms with Gasteiger partial charge in [-0.1, -0.05) is 17.7 Å². The highest BCUT2D eigenvalue weighted by Gasteiger charge is 2.14. The van der Waals surface area contributed by atoms with Gasteiger partial charge in [-0.2, -0.15) is 8.42 Å². The van der Waals surface area contributed by atoms with E-state index in [0.29, 0.717) is 145 Å². The van der Waals surface area contributed by atoms with E-state index in [0.717, 1.165) is 5.56 Å². The first-order chi connectivity index (χ1) is 23.6. The van der Waals surface area contributed by atoms with Gasteiger partial charge in [0.2, 0.25) is 0 Å². The van der Waals surface area contributed by atoms with Crippen molar-refractivity contribution in [3.8, 4) is 0 Å². The Balaban J connectivity index is 1.67. The predicted octanol–water partition coefficient (Wildman–Crippen LogP) is 1.53. The summed E-state index contributed by atoms with van der Waals surface area (Å²) in [5.41, 5.74) is 0.974. The number of ether oxygens (including phenoxy) is 12. The molecule has 0 amide bonds. The summed E-state index contributed by atoms with van der Waals surface area (Å²) in [4.78, 5) is 0.127. The lowest BCUT2D eigenvalue weighted by molar-refractivity contribution is -0.0282. The van der Waals surface area contributed by atoms with Crippen molar-refractivity contribution in [2.45, 2.75) is 11.8 Å². The smallest absolute Gasteiger partial charge is 0.297 e.